The summed E-state index contributed by atoms with van der Waals surface area (Å²) in [5, 5.41) is 0. The second kappa shape index (κ2) is 17.8. The van der Waals surface area contributed by atoms with Crippen molar-refractivity contribution < 1.29 is 0 Å². The van der Waals surface area contributed by atoms with Crippen LogP contribution >= 0.6 is 0 Å². The highest BCUT2D eigenvalue weighted by Crippen LogP contribution is 2.40. The number of benzene rings is 9. The summed E-state index contributed by atoms with van der Waals surface area (Å²) in [6.07, 6.45) is 0. The molecule has 9 aromatic carbocycles. The van der Waals surface area contributed by atoms with Gasteiger partial charge in [0, 0.05) is 73.7 Å². The van der Waals surface area contributed by atoms with Crippen LogP contribution in [0.4, 0.5) is 45.5 Å². The molecule has 0 saturated heterocycles. The van der Waals surface area contributed by atoms with Crippen molar-refractivity contribution in [3.63, 3.8) is 0 Å². The van der Waals surface area contributed by atoms with Crippen LogP contribution < -0.4 is 19.6 Å². The minimum absolute atomic E-state index is 1.10. The Morgan fingerprint density at radius 3 is 0.548 bits per heavy atom. The van der Waals surface area contributed by atoms with Crippen molar-refractivity contribution in [1.82, 2.24) is 0 Å². The van der Waals surface area contributed by atoms with E-state index in [1.165, 1.54) is 55.9 Å². The second-order valence-corrected chi connectivity index (χ2v) is 16.0. The van der Waals surface area contributed by atoms with Gasteiger partial charge < -0.3 is 19.6 Å². The number of nitrogens with zero attached hydrogens (tertiary/aromatic N) is 4. The average Bonchev–Trinajstić information content (AvgIpc) is 3.33. The van der Waals surface area contributed by atoms with Gasteiger partial charge in [0.2, 0.25) is 0 Å². The maximum absolute atomic E-state index is 2.32. The highest BCUT2D eigenvalue weighted by atomic mass is 15.1. The lowest BCUT2D eigenvalue weighted by atomic mass is 9.99. The molecule has 9 aromatic rings. The largest absolute Gasteiger partial charge is 0.378 e. The van der Waals surface area contributed by atoms with Crippen molar-refractivity contribution in [2.45, 2.75) is 0 Å². The Bertz CT molecular complexity index is 2610. The summed E-state index contributed by atoms with van der Waals surface area (Å²) in [4.78, 5) is 8.91. The van der Waals surface area contributed by atoms with Crippen LogP contribution in [0.25, 0.3) is 44.5 Å². The summed E-state index contributed by atoms with van der Waals surface area (Å²) in [7, 11) is 8.30. The smallest absolute Gasteiger partial charge is 0.0463 e. The maximum Gasteiger partial charge on any atom is 0.0463 e. The molecule has 0 saturated carbocycles. The number of anilines is 8. The fraction of sp³-hybridized carbons (Fsp3) is 0.0690. The van der Waals surface area contributed by atoms with Crippen LogP contribution in [-0.2, 0) is 0 Å². The van der Waals surface area contributed by atoms with Gasteiger partial charge in [-0.05, 0) is 142 Å². The van der Waals surface area contributed by atoms with Crippen molar-refractivity contribution in [1.29, 1.82) is 0 Å². The van der Waals surface area contributed by atoms with Gasteiger partial charge in [-0.1, -0.05) is 133 Å². The van der Waals surface area contributed by atoms with Crippen LogP contribution in [0, 0.1) is 0 Å². The minimum Gasteiger partial charge on any atom is -0.378 e. The molecule has 4 heteroatoms. The van der Waals surface area contributed by atoms with Crippen molar-refractivity contribution >= 4 is 45.5 Å². The van der Waals surface area contributed by atoms with Gasteiger partial charge in [-0.3, -0.25) is 0 Å². The second-order valence-electron chi connectivity index (χ2n) is 16.0. The molecule has 0 bridgehead atoms. The molecule has 0 unspecified atom stereocenters. The number of hydrogen-bond donors (Lipinski definition) is 0. The van der Waals surface area contributed by atoms with E-state index < -0.39 is 0 Å². The van der Waals surface area contributed by atoms with Gasteiger partial charge in [0.1, 0.15) is 0 Å². The summed E-state index contributed by atoms with van der Waals surface area (Å²) in [5.74, 6) is 0. The Kier molecular flexibility index (Phi) is 11.4. The van der Waals surface area contributed by atoms with E-state index in [9.17, 15) is 0 Å². The van der Waals surface area contributed by atoms with Gasteiger partial charge in [-0.25, -0.2) is 0 Å². The highest BCUT2D eigenvalue weighted by molar-refractivity contribution is 5.83. The molecule has 4 nitrogen and oxygen atoms in total. The van der Waals surface area contributed by atoms with Crippen LogP contribution in [0.15, 0.2) is 231 Å². The van der Waals surface area contributed by atoms with Crippen LogP contribution in [0.3, 0.4) is 0 Å². The third-order valence-electron chi connectivity index (χ3n) is 11.5. The zero-order chi connectivity index (χ0) is 42.4. The first-order valence-corrected chi connectivity index (χ1v) is 21.1. The fourth-order valence-corrected chi connectivity index (χ4v) is 8.02. The molecule has 62 heavy (non-hydrogen) atoms. The third-order valence-corrected chi connectivity index (χ3v) is 11.5. The van der Waals surface area contributed by atoms with Crippen LogP contribution in [0.1, 0.15) is 0 Å². The zero-order valence-electron chi connectivity index (χ0n) is 35.7. The van der Waals surface area contributed by atoms with Crippen LogP contribution in [0.5, 0.6) is 0 Å². The summed E-state index contributed by atoms with van der Waals surface area (Å²) >= 11 is 0. The standard InChI is InChI=1S/C58H50N4/c1-59(2)51-35-39-57(40-36-51)61(53-27-19-47(20-28-53)43-11-7-5-8-12-43)55-31-23-49(24-32-55)45-15-17-46(18-16-45)50-25-33-56(34-26-50)62(58-41-37-52(38-42-58)60(3)4)54-29-21-48(22-30-54)44-13-9-6-10-14-44/h5-42H,1-4H3. The SMILES string of the molecule is CN(C)c1ccc(N(c2ccc(-c3ccccc3)cc2)c2ccc(-c3ccc(-c4ccc(N(c5ccc(-c6ccccc6)cc5)c5ccc(N(C)C)cc5)cc4)cc3)cc2)cc1. The molecule has 0 heterocycles. The van der Waals surface area contributed by atoms with E-state index in [4.69, 9.17) is 0 Å². The quantitative estimate of drug-likeness (QED) is 0.122. The maximum atomic E-state index is 2.32. The van der Waals surface area contributed by atoms with Gasteiger partial charge >= 0.3 is 0 Å². The first-order chi connectivity index (χ1) is 30.4. The molecule has 9 rings (SSSR count). The molecule has 0 spiro atoms. The lowest BCUT2D eigenvalue weighted by molar-refractivity contribution is 1.13. The number of rotatable bonds is 12. The van der Waals surface area contributed by atoms with Gasteiger partial charge in [-0.2, -0.15) is 0 Å². The van der Waals surface area contributed by atoms with E-state index in [-0.39, 0.29) is 0 Å². The molecule has 0 aromatic heterocycles. The lowest BCUT2D eigenvalue weighted by Crippen LogP contribution is -2.11. The van der Waals surface area contributed by atoms with Crippen LogP contribution in [0.2, 0.25) is 0 Å². The van der Waals surface area contributed by atoms with Crippen molar-refractivity contribution in [2.75, 3.05) is 47.8 Å². The lowest BCUT2D eigenvalue weighted by Gasteiger charge is -2.26. The first kappa shape index (κ1) is 39.6. The molecule has 0 fully saturated rings. The molecule has 0 aliphatic rings. The van der Waals surface area contributed by atoms with Gasteiger partial charge in [0.05, 0.1) is 0 Å². The average molecular weight is 803 g/mol. The Morgan fingerprint density at radius 1 is 0.177 bits per heavy atom. The predicted octanol–water partition coefficient (Wildman–Crippen LogP) is 15.4. The van der Waals surface area contributed by atoms with Gasteiger partial charge in [0.25, 0.3) is 0 Å². The molecule has 0 radical (unpaired) electrons. The van der Waals surface area contributed by atoms with E-state index >= 15 is 0 Å². The summed E-state index contributed by atoms with van der Waals surface area (Å²) in [6, 6.07) is 83.0. The van der Waals surface area contributed by atoms with E-state index in [1.807, 2.05) is 0 Å². The van der Waals surface area contributed by atoms with Gasteiger partial charge in [0.15, 0.2) is 0 Å². The van der Waals surface area contributed by atoms with E-state index in [2.05, 4.69) is 278 Å². The van der Waals surface area contributed by atoms with Crippen molar-refractivity contribution in [3.8, 4) is 44.5 Å². The van der Waals surface area contributed by atoms with E-state index in [0.29, 0.717) is 0 Å². The number of hydrogen-bond acceptors (Lipinski definition) is 4. The fourth-order valence-electron chi connectivity index (χ4n) is 8.02. The molecule has 0 amide bonds. The summed E-state index contributed by atoms with van der Waals surface area (Å²) in [6.45, 7) is 0. The zero-order valence-corrected chi connectivity index (χ0v) is 35.7. The Balaban J connectivity index is 0.962. The molecular weight excluding hydrogens is 753 g/mol. The van der Waals surface area contributed by atoms with Crippen LogP contribution in [-0.4, -0.2) is 28.2 Å². The normalized spacial score (nSPS) is 10.9. The first-order valence-electron chi connectivity index (χ1n) is 21.1. The Morgan fingerprint density at radius 2 is 0.339 bits per heavy atom. The molecule has 302 valence electrons. The minimum atomic E-state index is 1.10. The summed E-state index contributed by atoms with van der Waals surface area (Å²) in [5.41, 5.74) is 18.5. The monoisotopic (exact) mass is 802 g/mol. The van der Waals surface area contributed by atoms with E-state index in [1.54, 1.807) is 0 Å². The third kappa shape index (κ3) is 8.58. The van der Waals surface area contributed by atoms with Crippen molar-refractivity contribution in [3.05, 3.63) is 231 Å². The van der Waals surface area contributed by atoms with Crippen molar-refractivity contribution in [2.24, 2.45) is 0 Å². The van der Waals surface area contributed by atoms with Gasteiger partial charge in [-0.15, -0.1) is 0 Å². The van der Waals surface area contributed by atoms with E-state index in [0.717, 1.165) is 34.1 Å². The molecular formula is C58H50N4. The Labute approximate surface area is 366 Å². The molecule has 0 aliphatic carbocycles. The summed E-state index contributed by atoms with van der Waals surface area (Å²) < 4.78 is 0. The Hall–Kier alpha value is -7.82. The molecule has 0 atom stereocenters. The molecule has 0 N–H and O–H groups in total. The highest BCUT2D eigenvalue weighted by Gasteiger charge is 2.16. The topological polar surface area (TPSA) is 13.0 Å². The molecule has 0 aliphatic heterocycles. The predicted molar refractivity (Wildman–Crippen MR) is 266 cm³/mol.